The number of likely N-dealkylation sites (tertiary alicyclic amines) is 1. The van der Waals surface area contributed by atoms with Gasteiger partial charge in [0, 0.05) is 31.3 Å². The monoisotopic (exact) mass is 234 g/mol. The number of aliphatic hydroxyl groups excluding tert-OH is 1. The summed E-state index contributed by atoms with van der Waals surface area (Å²) in [5.74, 6) is 0.367. The van der Waals surface area contributed by atoms with Crippen molar-refractivity contribution in [2.24, 2.45) is 5.92 Å². The standard InChI is InChI=1S/C13H18N2O2/c14-12-3-1-2-10(6-12)7-13(17)15-5-4-11(8-15)9-16/h1-3,6,11,16H,4-5,7-9,14H2. The Balaban J connectivity index is 1.93. The van der Waals surface area contributed by atoms with Crippen molar-refractivity contribution in [3.8, 4) is 0 Å². The zero-order valence-corrected chi connectivity index (χ0v) is 9.80. The first kappa shape index (κ1) is 11.9. The van der Waals surface area contributed by atoms with Crippen LogP contribution < -0.4 is 5.73 Å². The number of anilines is 1. The van der Waals surface area contributed by atoms with Gasteiger partial charge in [-0.05, 0) is 24.1 Å². The molecule has 4 nitrogen and oxygen atoms in total. The normalized spacial score (nSPS) is 19.6. The van der Waals surface area contributed by atoms with E-state index in [2.05, 4.69) is 0 Å². The second-order valence-corrected chi connectivity index (χ2v) is 4.60. The van der Waals surface area contributed by atoms with Gasteiger partial charge in [-0.2, -0.15) is 0 Å². The topological polar surface area (TPSA) is 66.6 Å². The predicted molar refractivity (Wildman–Crippen MR) is 66.3 cm³/mol. The van der Waals surface area contributed by atoms with Crippen LogP contribution in [0.3, 0.4) is 0 Å². The van der Waals surface area contributed by atoms with E-state index < -0.39 is 0 Å². The molecule has 1 aromatic rings. The van der Waals surface area contributed by atoms with E-state index in [9.17, 15) is 4.79 Å². The molecule has 1 amide bonds. The quantitative estimate of drug-likeness (QED) is 0.755. The van der Waals surface area contributed by atoms with Crippen molar-refractivity contribution in [1.82, 2.24) is 4.90 Å². The molecular formula is C13H18N2O2. The van der Waals surface area contributed by atoms with Crippen molar-refractivity contribution in [2.75, 3.05) is 25.4 Å². The first-order valence-electron chi connectivity index (χ1n) is 5.92. The van der Waals surface area contributed by atoms with Gasteiger partial charge in [-0.1, -0.05) is 12.1 Å². The largest absolute Gasteiger partial charge is 0.399 e. The van der Waals surface area contributed by atoms with Crippen molar-refractivity contribution in [1.29, 1.82) is 0 Å². The van der Waals surface area contributed by atoms with Gasteiger partial charge >= 0.3 is 0 Å². The van der Waals surface area contributed by atoms with Gasteiger partial charge in [0.2, 0.25) is 5.91 Å². The van der Waals surface area contributed by atoms with Gasteiger partial charge in [-0.15, -0.1) is 0 Å². The molecule has 1 aliphatic heterocycles. The number of hydrogen-bond acceptors (Lipinski definition) is 3. The van der Waals surface area contributed by atoms with E-state index in [4.69, 9.17) is 10.8 Å². The molecule has 2 rings (SSSR count). The van der Waals surface area contributed by atoms with E-state index in [1.54, 1.807) is 0 Å². The number of hydrogen-bond donors (Lipinski definition) is 2. The molecule has 4 heteroatoms. The number of carbonyl (C=O) groups excluding carboxylic acids is 1. The molecule has 0 aromatic heterocycles. The number of carbonyl (C=O) groups is 1. The summed E-state index contributed by atoms with van der Waals surface area (Å²) < 4.78 is 0. The fraction of sp³-hybridized carbons (Fsp3) is 0.462. The van der Waals surface area contributed by atoms with Gasteiger partial charge in [0.25, 0.3) is 0 Å². The Labute approximate surface area is 101 Å². The molecule has 0 spiro atoms. The summed E-state index contributed by atoms with van der Waals surface area (Å²) in [6.07, 6.45) is 1.29. The predicted octanol–water partition coefficient (Wildman–Crippen LogP) is 0.652. The van der Waals surface area contributed by atoms with Crippen molar-refractivity contribution in [3.05, 3.63) is 29.8 Å². The molecule has 1 unspecified atom stereocenters. The van der Waals surface area contributed by atoms with E-state index in [-0.39, 0.29) is 18.4 Å². The van der Waals surface area contributed by atoms with E-state index in [1.807, 2.05) is 29.2 Å². The average molecular weight is 234 g/mol. The Morgan fingerprint density at radius 1 is 1.53 bits per heavy atom. The van der Waals surface area contributed by atoms with E-state index >= 15 is 0 Å². The molecule has 1 fully saturated rings. The van der Waals surface area contributed by atoms with Crippen LogP contribution in [-0.2, 0) is 11.2 Å². The van der Waals surface area contributed by atoms with Crippen LogP contribution in [0.1, 0.15) is 12.0 Å². The van der Waals surface area contributed by atoms with Gasteiger partial charge < -0.3 is 15.7 Å². The summed E-state index contributed by atoms with van der Waals surface area (Å²) in [5, 5.41) is 9.04. The molecule has 1 aromatic carbocycles. The third-order valence-corrected chi connectivity index (χ3v) is 3.20. The minimum atomic E-state index is 0.117. The zero-order chi connectivity index (χ0) is 12.3. The lowest BCUT2D eigenvalue weighted by atomic mass is 10.1. The second-order valence-electron chi connectivity index (χ2n) is 4.60. The first-order valence-corrected chi connectivity index (χ1v) is 5.92. The molecule has 0 aliphatic carbocycles. The summed E-state index contributed by atoms with van der Waals surface area (Å²) in [7, 11) is 0. The number of nitrogens with zero attached hydrogens (tertiary/aromatic N) is 1. The lowest BCUT2D eigenvalue weighted by molar-refractivity contribution is -0.129. The highest BCUT2D eigenvalue weighted by Gasteiger charge is 2.25. The SMILES string of the molecule is Nc1cccc(CC(=O)N2CCC(CO)C2)c1. The van der Waals surface area contributed by atoms with Crippen molar-refractivity contribution in [2.45, 2.75) is 12.8 Å². The van der Waals surface area contributed by atoms with Crippen LogP contribution in [0.25, 0.3) is 0 Å². The van der Waals surface area contributed by atoms with E-state index in [0.717, 1.165) is 18.5 Å². The zero-order valence-electron chi connectivity index (χ0n) is 9.80. The van der Waals surface area contributed by atoms with E-state index in [0.29, 0.717) is 18.7 Å². The van der Waals surface area contributed by atoms with Crippen LogP contribution in [0.4, 0.5) is 5.69 Å². The fourth-order valence-electron chi connectivity index (χ4n) is 2.20. The smallest absolute Gasteiger partial charge is 0.227 e. The van der Waals surface area contributed by atoms with Crippen molar-refractivity contribution >= 4 is 11.6 Å². The summed E-state index contributed by atoms with van der Waals surface area (Å²) in [4.78, 5) is 13.8. The van der Waals surface area contributed by atoms with Gasteiger partial charge in [0.1, 0.15) is 0 Å². The van der Waals surface area contributed by atoms with Crippen molar-refractivity contribution < 1.29 is 9.90 Å². The molecule has 17 heavy (non-hydrogen) atoms. The Morgan fingerprint density at radius 3 is 3.00 bits per heavy atom. The highest BCUT2D eigenvalue weighted by molar-refractivity contribution is 5.79. The lowest BCUT2D eigenvalue weighted by Crippen LogP contribution is -2.30. The van der Waals surface area contributed by atoms with Crippen LogP contribution in [0.2, 0.25) is 0 Å². The number of amides is 1. The molecule has 1 saturated heterocycles. The van der Waals surface area contributed by atoms with Crippen molar-refractivity contribution in [3.63, 3.8) is 0 Å². The van der Waals surface area contributed by atoms with Gasteiger partial charge in [0.15, 0.2) is 0 Å². The molecule has 0 bridgehead atoms. The third kappa shape index (κ3) is 2.97. The third-order valence-electron chi connectivity index (χ3n) is 3.20. The highest BCUT2D eigenvalue weighted by Crippen LogP contribution is 2.17. The maximum absolute atomic E-state index is 12.0. The highest BCUT2D eigenvalue weighted by atomic mass is 16.3. The summed E-state index contributed by atoms with van der Waals surface area (Å²) in [6, 6.07) is 7.41. The first-order chi connectivity index (χ1) is 8.19. The Morgan fingerprint density at radius 2 is 2.35 bits per heavy atom. The van der Waals surface area contributed by atoms with Crippen LogP contribution in [0.15, 0.2) is 24.3 Å². The molecule has 1 atom stereocenters. The summed E-state index contributed by atoms with van der Waals surface area (Å²) in [5.41, 5.74) is 7.31. The summed E-state index contributed by atoms with van der Waals surface area (Å²) in [6.45, 7) is 1.60. The molecule has 0 saturated carbocycles. The minimum absolute atomic E-state index is 0.117. The second kappa shape index (κ2) is 5.19. The van der Waals surface area contributed by atoms with Gasteiger partial charge in [-0.25, -0.2) is 0 Å². The summed E-state index contributed by atoms with van der Waals surface area (Å²) >= 11 is 0. The number of benzene rings is 1. The Bertz CT molecular complexity index is 406. The van der Waals surface area contributed by atoms with E-state index in [1.165, 1.54) is 0 Å². The number of nitrogen functional groups attached to an aromatic ring is 1. The van der Waals surface area contributed by atoms with Crippen LogP contribution in [0.5, 0.6) is 0 Å². The maximum Gasteiger partial charge on any atom is 0.227 e. The number of aliphatic hydroxyl groups is 1. The average Bonchev–Trinajstić information content (AvgIpc) is 2.77. The lowest BCUT2D eigenvalue weighted by Gasteiger charge is -2.16. The maximum atomic E-state index is 12.0. The number of nitrogens with two attached hydrogens (primary N) is 1. The molecule has 0 radical (unpaired) electrons. The fourth-order valence-corrected chi connectivity index (χ4v) is 2.20. The number of rotatable bonds is 3. The van der Waals surface area contributed by atoms with Crippen LogP contribution >= 0.6 is 0 Å². The Kier molecular flexibility index (Phi) is 3.64. The molecular weight excluding hydrogens is 216 g/mol. The van der Waals surface area contributed by atoms with Crippen LogP contribution in [0, 0.1) is 5.92 Å². The Hall–Kier alpha value is -1.55. The van der Waals surface area contributed by atoms with Gasteiger partial charge in [0.05, 0.1) is 6.42 Å². The molecule has 3 N–H and O–H groups in total. The van der Waals surface area contributed by atoms with Crippen LogP contribution in [-0.4, -0.2) is 35.6 Å². The molecule has 92 valence electrons. The molecule has 1 heterocycles. The molecule has 1 aliphatic rings. The van der Waals surface area contributed by atoms with Gasteiger partial charge in [-0.3, -0.25) is 4.79 Å². The minimum Gasteiger partial charge on any atom is -0.399 e.